The first-order chi connectivity index (χ1) is 67.4. The number of anilines is 3. The molecule has 142 heavy (non-hydrogen) atoms. The number of rotatable bonds is 23. The van der Waals surface area contributed by atoms with Gasteiger partial charge in [0.1, 0.15) is 23.9 Å². The van der Waals surface area contributed by atoms with Crippen LogP contribution in [0, 0.1) is 11.8 Å². The molecule has 0 aromatic heterocycles. The number of nitrogens with zero attached hydrogens (tertiary/aromatic N) is 2. The summed E-state index contributed by atoms with van der Waals surface area (Å²) < 4.78 is 42.1. The van der Waals surface area contributed by atoms with Crippen molar-refractivity contribution in [2.75, 3.05) is 42.2 Å². The van der Waals surface area contributed by atoms with E-state index in [4.69, 9.17) is 28.0 Å². The number of hydrogen-bond donors (Lipinski definition) is 7. The highest BCUT2D eigenvalue weighted by Crippen LogP contribution is 2.44. The molecule has 4 aliphatic carbocycles. The highest BCUT2D eigenvalue weighted by Gasteiger charge is 2.55. The Morgan fingerprint density at radius 1 is 0.437 bits per heavy atom. The van der Waals surface area contributed by atoms with Crippen molar-refractivity contribution in [2.45, 2.75) is 261 Å². The maximum atomic E-state index is 12.3. The maximum absolute atomic E-state index is 12.3. The number of nitrogens with one attached hydrogen (secondary N) is 5. The summed E-state index contributed by atoms with van der Waals surface area (Å²) in [6.45, 7) is 40.0. The minimum Gasteiger partial charge on any atom is -0.480 e. The van der Waals surface area contributed by atoms with Gasteiger partial charge in [-0.1, -0.05) is 414 Å². The molecule has 1 saturated heterocycles. The van der Waals surface area contributed by atoms with Gasteiger partial charge in [-0.15, -0.1) is 0 Å². The highest BCUT2D eigenvalue weighted by atomic mass is 79.9. The van der Waals surface area contributed by atoms with E-state index in [2.05, 4.69) is 420 Å². The van der Waals surface area contributed by atoms with Gasteiger partial charge in [-0.3, -0.25) is 4.90 Å². The number of hydrogen-bond acceptors (Lipinski definition) is 16. The van der Waals surface area contributed by atoms with Gasteiger partial charge in [-0.05, 0) is 224 Å². The van der Waals surface area contributed by atoms with E-state index in [0.29, 0.717) is 36.0 Å². The second-order valence-electron chi connectivity index (χ2n) is 40.5. The molecule has 28 heteroatoms. The molecular weight excluding hydrogens is 2220 g/mol. The van der Waals surface area contributed by atoms with Crippen LogP contribution in [0.25, 0.3) is 0 Å². The fourth-order valence-electron chi connectivity index (χ4n) is 18.0. The number of carbonyl (C=O) groups is 4. The monoisotopic (exact) mass is 2360 g/mol. The number of alkyl halides is 1. The van der Waals surface area contributed by atoms with Gasteiger partial charge in [-0.2, -0.15) is 0 Å². The molecule has 1 fully saturated rings. The molecule has 2 aliphatic heterocycles. The lowest BCUT2D eigenvalue weighted by Crippen LogP contribution is -2.68. The number of halogens is 6. The minimum atomic E-state index is -2.81. The number of carboxylic acid groups (broad SMARTS) is 1. The second kappa shape index (κ2) is 56.9. The van der Waals surface area contributed by atoms with Crippen molar-refractivity contribution in [3.63, 3.8) is 0 Å². The SMILES string of the molecule is BrC1=CC(Br)CC(Nc2ccccc2)C1.C#N.CC.CC(C)(C)OC(=O)N[C@@H](CN1CC(Br)=CC(O[Si](c2ccccc2)(c2ccccc2)C(C)(C)C)C1)C(=O)O.CC(C)(C)OC(=O)N[C@H]1COC1=O.CC(C)(C)[Si](OC1C=C(Br)CC(Nc2ccccc2)C1)(c1ccccc1)c1ccccc1.CC(C)(C)[Si](OC1C=C(Br)CCC1)(c1ccccc1)c1ccccc1.OC1C=C(Br)CC(Nc2ccccc2)C1. The van der Waals surface area contributed by atoms with Crippen LogP contribution in [0.2, 0.25) is 15.1 Å². The number of benzene rings is 9. The maximum Gasteiger partial charge on any atom is 0.408 e. The number of nitriles is 1. The summed E-state index contributed by atoms with van der Waals surface area (Å²) in [5.41, 5.74) is 2.20. The number of carboxylic acids is 1. The van der Waals surface area contributed by atoms with Crippen LogP contribution in [0.1, 0.15) is 175 Å². The molecule has 2 amide bonds. The van der Waals surface area contributed by atoms with Crippen molar-refractivity contribution < 1.29 is 56.9 Å². The number of cyclic esters (lactones) is 1. The predicted molar refractivity (Wildman–Crippen MR) is 614 cm³/mol. The van der Waals surface area contributed by atoms with E-state index in [1.54, 1.807) is 41.5 Å². The fraction of sp³-hybridized carbons (Fsp3) is 0.395. The van der Waals surface area contributed by atoms with Crippen LogP contribution in [0.3, 0.4) is 0 Å². The Balaban J connectivity index is 0.000000215. The first-order valence-electron chi connectivity index (χ1n) is 48.7. The summed E-state index contributed by atoms with van der Waals surface area (Å²) in [6, 6.07) is 94.7. The molecule has 7 N–H and O–H groups in total. The molecule has 15 rings (SSSR count). The van der Waals surface area contributed by atoms with Crippen LogP contribution < -0.4 is 57.7 Å². The standard InChI is InChI=1S/C29H39BrN2O5Si.C28H32BrNOSi.C22H27BrOSi.C12H13Br2N.C12H14BrNO.C8H13NO4.C2H6.CHN/c1-28(2,3)36-27(35)31-25(26(33)34)20-32-18-21(30)17-22(19-32)37-38(29(4,5)6,23-13-9-7-10-14-23)24-15-11-8-12-16-24;1-28(2,3)32(26-15-9-5-10-16-26,27-17-11-6-12-18-27)31-25-20-22(29)19-24(21-25)30-23-13-7-4-8-14-23;1-22(2,3)25(20-13-6-4-7-14-20,21-15-8-5-9-16-21)24-19-12-10-11-18(23)17-19;13-9-6-10(14)8-12(7-9)15-11-4-2-1-3-5-11;13-9-6-11(8-12(15)7-9)14-10-4-2-1-3-5-10;1-8(2,3)13-7(11)9-5-4-12-6(5)10;2*1-2/h7-17,22,25H,18-20H2,1-6H3,(H,31,35)(H,33,34);4-18,20,24-25,30H,19,21H2,1-3H3;4-9,13-17,19H,10-12H2,1-3H3;1-6,9,12,15H,7-8H2;1-5,7,11-12,14-15H,6,8H2;5H,4H2,1-3H3,(H,9,11);1-2H3;1H/t22?,25-;;;;;5-;;/m0....0../s1. The third-order valence-electron chi connectivity index (χ3n) is 23.9. The van der Waals surface area contributed by atoms with Crippen LogP contribution in [-0.4, -0.2) is 161 Å². The van der Waals surface area contributed by atoms with Crippen molar-refractivity contribution in [2.24, 2.45) is 0 Å². The van der Waals surface area contributed by atoms with E-state index < -0.39 is 72.4 Å². The van der Waals surface area contributed by atoms with E-state index >= 15 is 0 Å². The van der Waals surface area contributed by atoms with Crippen molar-refractivity contribution in [3.8, 4) is 6.57 Å². The number of aliphatic hydroxyl groups is 1. The zero-order chi connectivity index (χ0) is 104. The lowest BCUT2D eigenvalue weighted by molar-refractivity contribution is -0.162. The van der Waals surface area contributed by atoms with Crippen LogP contribution >= 0.6 is 95.6 Å². The Kier molecular flexibility index (Phi) is 47.5. The van der Waals surface area contributed by atoms with Gasteiger partial charge in [0.25, 0.3) is 25.0 Å². The topological polar surface area (TPSA) is 251 Å². The van der Waals surface area contributed by atoms with Gasteiger partial charge in [0.2, 0.25) is 0 Å². The highest BCUT2D eigenvalue weighted by molar-refractivity contribution is 9.12. The molecule has 6 aliphatic rings. The van der Waals surface area contributed by atoms with Gasteiger partial charge in [0, 0.05) is 70.7 Å². The van der Waals surface area contributed by atoms with Crippen molar-refractivity contribution in [1.82, 2.24) is 15.5 Å². The summed E-state index contributed by atoms with van der Waals surface area (Å²) in [7, 11) is -7.82. The van der Waals surface area contributed by atoms with E-state index in [0.717, 1.165) is 71.7 Å². The second-order valence-corrected chi connectivity index (χ2v) is 59.5. The number of carbonyl (C=O) groups excluding carboxylic acids is 3. The molecule has 10 atom stereocenters. The molecular formula is C114H145Br6N7O12Si3. The Labute approximate surface area is 898 Å². The molecule has 0 radical (unpaired) electrons. The number of aliphatic carboxylic acids is 1. The Hall–Kier alpha value is -8.62. The molecule has 0 saturated carbocycles. The zero-order valence-corrected chi connectivity index (χ0v) is 97.6. The number of amides is 2. The molecule has 9 aromatic carbocycles. The van der Waals surface area contributed by atoms with Gasteiger partial charge < -0.3 is 64.3 Å². The van der Waals surface area contributed by atoms with Gasteiger partial charge in [-0.25, -0.2) is 24.4 Å². The molecule has 0 bridgehead atoms. The molecule has 0 spiro atoms. The van der Waals surface area contributed by atoms with Crippen LogP contribution in [0.4, 0.5) is 26.7 Å². The van der Waals surface area contributed by atoms with Gasteiger partial charge in [0.05, 0.1) is 24.4 Å². The van der Waals surface area contributed by atoms with Crippen LogP contribution in [0.15, 0.2) is 326 Å². The smallest absolute Gasteiger partial charge is 0.408 e. The fourth-order valence-corrected chi connectivity index (χ4v) is 36.3. The lowest BCUT2D eigenvalue weighted by Gasteiger charge is -2.46. The molecule has 762 valence electrons. The Morgan fingerprint density at radius 2 is 0.754 bits per heavy atom. The first-order valence-corrected chi connectivity index (χ1v) is 59.3. The van der Waals surface area contributed by atoms with E-state index in [1.807, 2.05) is 97.6 Å². The molecule has 8 unspecified atom stereocenters. The van der Waals surface area contributed by atoms with E-state index in [1.165, 1.54) is 56.7 Å². The van der Waals surface area contributed by atoms with Gasteiger partial charge >= 0.3 is 24.1 Å². The minimum absolute atomic E-state index is 0.0319. The number of esters is 1. The number of para-hydroxylation sites is 3. The summed E-state index contributed by atoms with van der Waals surface area (Å²) in [5.74, 6) is -1.53. The van der Waals surface area contributed by atoms with Gasteiger partial charge in [0.15, 0.2) is 6.04 Å². The lowest BCUT2D eigenvalue weighted by atomic mass is 9.99. The molecule has 2 heterocycles. The average molecular weight is 2370 g/mol. The van der Waals surface area contributed by atoms with Crippen LogP contribution in [0.5, 0.6) is 0 Å². The summed E-state index contributed by atoms with van der Waals surface area (Å²) in [5, 5.41) is 49.0. The predicted octanol–water partition coefficient (Wildman–Crippen LogP) is 25.2. The molecule has 19 nitrogen and oxygen atoms in total. The number of alkyl carbamates (subject to hydrolysis) is 2. The quantitative estimate of drug-likeness (QED) is 0.0136. The van der Waals surface area contributed by atoms with E-state index in [9.17, 15) is 29.4 Å². The third-order valence-corrected chi connectivity index (χ3v) is 42.7. The number of ether oxygens (including phenoxy) is 3. The summed E-state index contributed by atoms with van der Waals surface area (Å²) in [4.78, 5) is 48.5. The summed E-state index contributed by atoms with van der Waals surface area (Å²) >= 11 is 21.8. The number of aliphatic hydroxyl groups excluding tert-OH is 1. The molecule has 9 aromatic rings. The van der Waals surface area contributed by atoms with Crippen molar-refractivity contribution >= 4 is 193 Å². The first kappa shape index (κ1) is 119. The Bertz CT molecular complexity index is 5330. The largest absolute Gasteiger partial charge is 0.480 e. The number of allylic oxidation sites excluding steroid dienone is 2. The third kappa shape index (κ3) is 36.8. The van der Waals surface area contributed by atoms with Crippen LogP contribution in [-0.2, 0) is 37.1 Å². The van der Waals surface area contributed by atoms with Crippen molar-refractivity contribution in [1.29, 1.82) is 5.26 Å². The summed E-state index contributed by atoms with van der Waals surface area (Å²) in [6.07, 6.45) is 18.2. The normalized spacial score (nSPS) is 19.9. The average Bonchev–Trinajstić information content (AvgIpc) is 0.748. The Morgan fingerprint density at radius 3 is 1.08 bits per heavy atom. The van der Waals surface area contributed by atoms with Crippen molar-refractivity contribution in [3.05, 3.63) is 326 Å². The van der Waals surface area contributed by atoms with E-state index in [-0.39, 0.29) is 52.7 Å². The zero-order valence-electron chi connectivity index (χ0n) is 85.0.